The van der Waals surface area contributed by atoms with Crippen LogP contribution in [0.25, 0.3) is 0 Å². The summed E-state index contributed by atoms with van der Waals surface area (Å²) in [6, 6.07) is 34.5. The summed E-state index contributed by atoms with van der Waals surface area (Å²) >= 11 is 0. The summed E-state index contributed by atoms with van der Waals surface area (Å²) in [4.78, 5) is 2.54. The van der Waals surface area contributed by atoms with Crippen LogP contribution in [0.5, 0.6) is 11.5 Å². The Labute approximate surface area is 221 Å². The largest absolute Gasteiger partial charge is 0.497 e. The third-order valence-electron chi connectivity index (χ3n) is 7.58. The Morgan fingerprint density at radius 2 is 1.54 bits per heavy atom. The van der Waals surface area contributed by atoms with Gasteiger partial charge in [0.15, 0.2) is 0 Å². The van der Waals surface area contributed by atoms with E-state index in [2.05, 4.69) is 90.7 Å². The van der Waals surface area contributed by atoms with E-state index >= 15 is 0 Å². The molecule has 1 unspecified atom stereocenters. The molecule has 0 amide bonds. The normalized spacial score (nSPS) is 14.6. The van der Waals surface area contributed by atoms with Gasteiger partial charge in [0.05, 0.1) is 7.11 Å². The van der Waals surface area contributed by atoms with Crippen molar-refractivity contribution < 1.29 is 9.47 Å². The number of hydrogen-bond donors (Lipinski definition) is 0. The number of likely N-dealkylation sites (N-methyl/N-ethyl adjacent to an activating group) is 1. The molecule has 0 saturated heterocycles. The molecule has 0 fully saturated rings. The fraction of sp³-hybridized carbons (Fsp3) is 0.294. The van der Waals surface area contributed by atoms with E-state index in [4.69, 9.17) is 9.47 Å². The van der Waals surface area contributed by atoms with Crippen molar-refractivity contribution in [3.8, 4) is 11.5 Å². The molecule has 1 atom stereocenters. The minimum Gasteiger partial charge on any atom is -0.497 e. The van der Waals surface area contributed by atoms with E-state index in [-0.39, 0.29) is 0 Å². The van der Waals surface area contributed by atoms with Crippen LogP contribution in [0.4, 0.5) is 5.69 Å². The summed E-state index contributed by atoms with van der Waals surface area (Å²) in [5.74, 6) is 2.43. The van der Waals surface area contributed by atoms with Crippen LogP contribution in [0.15, 0.2) is 97.1 Å². The summed E-state index contributed by atoms with van der Waals surface area (Å²) in [7, 11) is 1.75. The highest BCUT2D eigenvalue weighted by molar-refractivity contribution is 5.56. The molecule has 0 aliphatic heterocycles. The number of nitrogens with zero attached hydrogens (tertiary/aromatic N) is 1. The second-order valence-corrected chi connectivity index (χ2v) is 9.88. The van der Waals surface area contributed by atoms with E-state index < -0.39 is 0 Å². The van der Waals surface area contributed by atoms with E-state index in [1.165, 1.54) is 39.9 Å². The number of benzene rings is 4. The molecule has 5 rings (SSSR count). The lowest BCUT2D eigenvalue weighted by atomic mass is 9.79. The average Bonchev–Trinajstić information content (AvgIpc) is 2.97. The second kappa shape index (κ2) is 12.0. The van der Waals surface area contributed by atoms with E-state index in [0.29, 0.717) is 12.5 Å². The molecular weight excluding hydrogens is 454 g/mol. The maximum absolute atomic E-state index is 5.97. The number of aryl methyl sites for hydroxylation is 1. The lowest BCUT2D eigenvalue weighted by Crippen LogP contribution is -2.27. The average molecular weight is 492 g/mol. The highest BCUT2D eigenvalue weighted by atomic mass is 16.5. The first kappa shape index (κ1) is 25.0. The standard InChI is InChI=1S/C34H37NO2/c1-3-35(22-21-26-13-18-31(19-14-26)37-25-27-9-5-4-6-10-27)34-12-8-7-11-33(34)30-16-15-29-24-32(36-2)20-17-28(29)23-30/h4-14,17-20,24,30H,3,15-16,21-23,25H2,1-2H3. The molecule has 4 aromatic carbocycles. The monoisotopic (exact) mass is 491 g/mol. The van der Waals surface area contributed by atoms with Crippen molar-refractivity contribution >= 4 is 5.69 Å². The molecule has 0 heterocycles. The Kier molecular flexibility index (Phi) is 8.10. The molecule has 190 valence electrons. The maximum Gasteiger partial charge on any atom is 0.119 e. The molecule has 0 saturated carbocycles. The first-order valence-corrected chi connectivity index (χ1v) is 13.5. The van der Waals surface area contributed by atoms with Crippen LogP contribution in [-0.4, -0.2) is 20.2 Å². The predicted octanol–water partition coefficient (Wildman–Crippen LogP) is 7.62. The van der Waals surface area contributed by atoms with Gasteiger partial charge >= 0.3 is 0 Å². The third kappa shape index (κ3) is 6.17. The molecule has 37 heavy (non-hydrogen) atoms. The highest BCUT2D eigenvalue weighted by Gasteiger charge is 2.24. The molecule has 0 spiro atoms. The number of para-hydroxylation sites is 1. The summed E-state index contributed by atoms with van der Waals surface area (Å²) < 4.78 is 11.4. The number of rotatable bonds is 10. The van der Waals surface area contributed by atoms with Gasteiger partial charge in [0.25, 0.3) is 0 Å². The van der Waals surface area contributed by atoms with Crippen molar-refractivity contribution in [3.05, 3.63) is 125 Å². The Balaban J connectivity index is 1.23. The van der Waals surface area contributed by atoms with Crippen LogP contribution in [0, 0.1) is 0 Å². The fourth-order valence-corrected chi connectivity index (χ4v) is 5.45. The molecule has 3 nitrogen and oxygen atoms in total. The van der Waals surface area contributed by atoms with Crippen LogP contribution in [0.1, 0.15) is 47.1 Å². The van der Waals surface area contributed by atoms with Gasteiger partial charge in [0.2, 0.25) is 0 Å². The summed E-state index contributed by atoms with van der Waals surface area (Å²) in [5, 5.41) is 0. The van der Waals surface area contributed by atoms with Gasteiger partial charge in [-0.2, -0.15) is 0 Å². The number of fused-ring (bicyclic) bond motifs is 1. The SMILES string of the molecule is CCN(CCc1ccc(OCc2ccccc2)cc1)c1ccccc1C1CCc2cc(OC)ccc2C1. The summed E-state index contributed by atoms with van der Waals surface area (Å²) in [6.07, 6.45) is 4.39. The van der Waals surface area contributed by atoms with E-state index in [1.54, 1.807) is 7.11 Å². The van der Waals surface area contributed by atoms with Crippen molar-refractivity contribution in [1.29, 1.82) is 0 Å². The van der Waals surface area contributed by atoms with Crippen molar-refractivity contribution in [3.63, 3.8) is 0 Å². The Bertz CT molecular complexity index is 1280. The van der Waals surface area contributed by atoms with Crippen LogP contribution < -0.4 is 14.4 Å². The smallest absolute Gasteiger partial charge is 0.119 e. The van der Waals surface area contributed by atoms with Crippen LogP contribution in [0.2, 0.25) is 0 Å². The van der Waals surface area contributed by atoms with Gasteiger partial charge < -0.3 is 14.4 Å². The van der Waals surface area contributed by atoms with Crippen LogP contribution >= 0.6 is 0 Å². The minimum atomic E-state index is 0.548. The molecule has 3 heteroatoms. The van der Waals surface area contributed by atoms with Gasteiger partial charge in [-0.25, -0.2) is 0 Å². The van der Waals surface area contributed by atoms with Gasteiger partial charge in [-0.15, -0.1) is 0 Å². The quantitative estimate of drug-likeness (QED) is 0.228. The summed E-state index contributed by atoms with van der Waals surface area (Å²) in [6.45, 7) is 4.85. The van der Waals surface area contributed by atoms with Crippen molar-refractivity contribution in [1.82, 2.24) is 0 Å². The molecule has 4 aromatic rings. The van der Waals surface area contributed by atoms with Crippen LogP contribution in [0.3, 0.4) is 0 Å². The maximum atomic E-state index is 5.97. The molecular formula is C34H37NO2. The Morgan fingerprint density at radius 3 is 2.32 bits per heavy atom. The number of hydrogen-bond acceptors (Lipinski definition) is 3. The molecule has 0 radical (unpaired) electrons. The predicted molar refractivity (Wildman–Crippen MR) is 153 cm³/mol. The molecule has 0 aromatic heterocycles. The van der Waals surface area contributed by atoms with Gasteiger partial charge in [0, 0.05) is 18.8 Å². The first-order valence-electron chi connectivity index (χ1n) is 13.5. The van der Waals surface area contributed by atoms with Gasteiger partial charge in [-0.3, -0.25) is 0 Å². The van der Waals surface area contributed by atoms with Gasteiger partial charge in [-0.05, 0) is 96.7 Å². The van der Waals surface area contributed by atoms with E-state index in [9.17, 15) is 0 Å². The first-order chi connectivity index (χ1) is 18.2. The zero-order valence-electron chi connectivity index (χ0n) is 22.0. The minimum absolute atomic E-state index is 0.548. The fourth-order valence-electron chi connectivity index (χ4n) is 5.45. The molecule has 0 bridgehead atoms. The summed E-state index contributed by atoms with van der Waals surface area (Å²) in [5.41, 5.74) is 8.29. The van der Waals surface area contributed by atoms with E-state index in [0.717, 1.165) is 43.9 Å². The van der Waals surface area contributed by atoms with E-state index in [1.807, 2.05) is 18.2 Å². The number of methoxy groups -OCH3 is 1. The zero-order chi connectivity index (χ0) is 25.5. The third-order valence-corrected chi connectivity index (χ3v) is 7.58. The molecule has 1 aliphatic rings. The molecule has 0 N–H and O–H groups in total. The van der Waals surface area contributed by atoms with Crippen molar-refractivity contribution in [2.45, 2.75) is 45.1 Å². The van der Waals surface area contributed by atoms with Gasteiger partial charge in [-0.1, -0.05) is 66.7 Å². The van der Waals surface area contributed by atoms with Gasteiger partial charge in [0.1, 0.15) is 18.1 Å². The Morgan fingerprint density at radius 1 is 0.784 bits per heavy atom. The lowest BCUT2D eigenvalue weighted by Gasteiger charge is -2.31. The van der Waals surface area contributed by atoms with Crippen molar-refractivity contribution in [2.75, 3.05) is 25.1 Å². The molecule has 1 aliphatic carbocycles. The van der Waals surface area contributed by atoms with Crippen LogP contribution in [-0.2, 0) is 25.9 Å². The number of ether oxygens (including phenoxy) is 2. The zero-order valence-corrected chi connectivity index (χ0v) is 22.0. The Hall–Kier alpha value is -3.72. The topological polar surface area (TPSA) is 21.7 Å². The second-order valence-electron chi connectivity index (χ2n) is 9.88. The number of anilines is 1. The lowest BCUT2D eigenvalue weighted by molar-refractivity contribution is 0.306. The highest BCUT2D eigenvalue weighted by Crippen LogP contribution is 2.38. The van der Waals surface area contributed by atoms with Crippen molar-refractivity contribution in [2.24, 2.45) is 0 Å².